The van der Waals surface area contributed by atoms with Crippen LogP contribution in [-0.2, 0) is 4.84 Å². The molecule has 2 nitrogen and oxygen atoms in total. The Morgan fingerprint density at radius 1 is 1.33 bits per heavy atom. The van der Waals surface area contributed by atoms with E-state index in [2.05, 4.69) is 17.3 Å². The Labute approximate surface area is 71.8 Å². The van der Waals surface area contributed by atoms with Crippen LogP contribution in [0, 0.1) is 0 Å². The van der Waals surface area contributed by atoms with Crippen LogP contribution < -0.4 is 0 Å². The SMILES string of the molecule is CC1=NO[C@@H](c2ccccc2)C1. The monoisotopic (exact) mass is 161 g/mol. The summed E-state index contributed by atoms with van der Waals surface area (Å²) >= 11 is 0. The van der Waals surface area contributed by atoms with Gasteiger partial charge in [-0.25, -0.2) is 0 Å². The Balaban J connectivity index is 2.14. The molecular formula is C10H11NO. The number of hydrogen-bond acceptors (Lipinski definition) is 2. The van der Waals surface area contributed by atoms with Crippen molar-refractivity contribution in [3.63, 3.8) is 0 Å². The lowest BCUT2D eigenvalue weighted by Crippen LogP contribution is -1.96. The van der Waals surface area contributed by atoms with Crippen LogP contribution in [0.25, 0.3) is 0 Å². The second kappa shape index (κ2) is 2.97. The van der Waals surface area contributed by atoms with Crippen LogP contribution in [-0.4, -0.2) is 5.71 Å². The molecule has 1 atom stereocenters. The highest BCUT2D eigenvalue weighted by atomic mass is 16.6. The zero-order chi connectivity index (χ0) is 8.39. The maximum absolute atomic E-state index is 5.24. The minimum Gasteiger partial charge on any atom is -0.387 e. The van der Waals surface area contributed by atoms with E-state index in [1.807, 2.05) is 25.1 Å². The predicted molar refractivity (Wildman–Crippen MR) is 48.0 cm³/mol. The molecular weight excluding hydrogens is 150 g/mol. The van der Waals surface area contributed by atoms with Crippen molar-refractivity contribution in [3.8, 4) is 0 Å². The Kier molecular flexibility index (Phi) is 1.82. The minimum atomic E-state index is 0.145. The molecule has 1 aromatic carbocycles. The summed E-state index contributed by atoms with van der Waals surface area (Å²) in [5.41, 5.74) is 2.28. The number of rotatable bonds is 1. The van der Waals surface area contributed by atoms with Crippen LogP contribution in [0.4, 0.5) is 0 Å². The molecule has 0 aromatic heterocycles. The Morgan fingerprint density at radius 2 is 2.08 bits per heavy atom. The van der Waals surface area contributed by atoms with Crippen molar-refractivity contribution >= 4 is 5.71 Å². The molecule has 62 valence electrons. The van der Waals surface area contributed by atoms with Crippen molar-refractivity contribution in [2.24, 2.45) is 5.16 Å². The van der Waals surface area contributed by atoms with Crippen LogP contribution in [0.1, 0.15) is 25.0 Å². The first-order valence-electron chi connectivity index (χ1n) is 4.10. The van der Waals surface area contributed by atoms with Crippen LogP contribution in [0.15, 0.2) is 35.5 Å². The summed E-state index contributed by atoms with van der Waals surface area (Å²) < 4.78 is 0. The zero-order valence-corrected chi connectivity index (χ0v) is 7.03. The molecule has 0 bridgehead atoms. The van der Waals surface area contributed by atoms with E-state index in [9.17, 15) is 0 Å². The lowest BCUT2D eigenvalue weighted by molar-refractivity contribution is 0.0857. The van der Waals surface area contributed by atoms with Crippen LogP contribution in [0.2, 0.25) is 0 Å². The van der Waals surface area contributed by atoms with Crippen molar-refractivity contribution < 1.29 is 4.84 Å². The van der Waals surface area contributed by atoms with E-state index >= 15 is 0 Å². The maximum Gasteiger partial charge on any atom is 0.157 e. The molecule has 1 aromatic rings. The average molecular weight is 161 g/mol. The molecule has 12 heavy (non-hydrogen) atoms. The van der Waals surface area contributed by atoms with E-state index in [0.29, 0.717) is 0 Å². The third kappa shape index (κ3) is 1.33. The number of nitrogens with zero attached hydrogens (tertiary/aromatic N) is 1. The van der Waals surface area contributed by atoms with Crippen LogP contribution in [0.5, 0.6) is 0 Å². The van der Waals surface area contributed by atoms with Gasteiger partial charge in [-0.1, -0.05) is 35.5 Å². The quantitative estimate of drug-likeness (QED) is 0.620. The largest absolute Gasteiger partial charge is 0.387 e. The fraction of sp³-hybridized carbons (Fsp3) is 0.300. The molecule has 0 fully saturated rings. The van der Waals surface area contributed by atoms with E-state index in [0.717, 1.165) is 12.1 Å². The highest BCUT2D eigenvalue weighted by molar-refractivity contribution is 5.83. The van der Waals surface area contributed by atoms with E-state index in [1.54, 1.807) is 0 Å². The van der Waals surface area contributed by atoms with Gasteiger partial charge >= 0.3 is 0 Å². The van der Waals surface area contributed by atoms with Crippen molar-refractivity contribution in [1.82, 2.24) is 0 Å². The third-order valence-corrected chi connectivity index (χ3v) is 1.99. The van der Waals surface area contributed by atoms with Crippen LogP contribution >= 0.6 is 0 Å². The van der Waals surface area contributed by atoms with E-state index in [1.165, 1.54) is 5.56 Å². The Hall–Kier alpha value is -1.31. The second-order valence-corrected chi connectivity index (χ2v) is 3.04. The van der Waals surface area contributed by atoms with E-state index in [-0.39, 0.29) is 6.10 Å². The number of hydrogen-bond donors (Lipinski definition) is 0. The third-order valence-electron chi connectivity index (χ3n) is 1.99. The van der Waals surface area contributed by atoms with Gasteiger partial charge in [0.05, 0.1) is 5.71 Å². The van der Waals surface area contributed by atoms with Gasteiger partial charge < -0.3 is 4.84 Å². The topological polar surface area (TPSA) is 21.6 Å². The smallest absolute Gasteiger partial charge is 0.157 e. The molecule has 0 radical (unpaired) electrons. The van der Waals surface area contributed by atoms with Gasteiger partial charge in [0.2, 0.25) is 0 Å². The summed E-state index contributed by atoms with van der Waals surface area (Å²) in [4.78, 5) is 5.24. The minimum absolute atomic E-state index is 0.145. The Bertz CT molecular complexity index is 292. The highest BCUT2D eigenvalue weighted by Gasteiger charge is 2.19. The summed E-state index contributed by atoms with van der Waals surface area (Å²) in [6, 6.07) is 10.2. The highest BCUT2D eigenvalue weighted by Crippen LogP contribution is 2.26. The van der Waals surface area contributed by atoms with Crippen molar-refractivity contribution in [2.45, 2.75) is 19.4 Å². The normalized spacial score (nSPS) is 21.8. The first-order chi connectivity index (χ1) is 5.86. The van der Waals surface area contributed by atoms with Crippen molar-refractivity contribution in [1.29, 1.82) is 0 Å². The van der Waals surface area contributed by atoms with E-state index < -0.39 is 0 Å². The molecule has 1 aliphatic heterocycles. The predicted octanol–water partition coefficient (Wildman–Crippen LogP) is 2.52. The molecule has 2 rings (SSSR count). The van der Waals surface area contributed by atoms with Gasteiger partial charge in [0.1, 0.15) is 0 Å². The summed E-state index contributed by atoms with van der Waals surface area (Å²) in [7, 11) is 0. The first-order valence-corrected chi connectivity index (χ1v) is 4.10. The average Bonchev–Trinajstić information content (AvgIpc) is 2.54. The maximum atomic E-state index is 5.24. The van der Waals surface area contributed by atoms with Gasteiger partial charge in [0.15, 0.2) is 6.10 Å². The van der Waals surface area contributed by atoms with Gasteiger partial charge in [-0.15, -0.1) is 0 Å². The van der Waals surface area contributed by atoms with E-state index in [4.69, 9.17) is 4.84 Å². The fourth-order valence-corrected chi connectivity index (χ4v) is 1.34. The standard InChI is InChI=1S/C10H11NO/c1-8-7-10(12-11-8)9-5-3-2-4-6-9/h2-6,10H,7H2,1H3/t10-/m1/s1. The molecule has 2 heteroatoms. The molecule has 1 aliphatic rings. The summed E-state index contributed by atoms with van der Waals surface area (Å²) in [6.07, 6.45) is 1.07. The van der Waals surface area contributed by atoms with Gasteiger partial charge in [-0.05, 0) is 12.5 Å². The Morgan fingerprint density at radius 3 is 2.67 bits per heavy atom. The molecule has 0 spiro atoms. The lowest BCUT2D eigenvalue weighted by Gasteiger charge is -2.06. The van der Waals surface area contributed by atoms with Gasteiger partial charge in [-0.2, -0.15) is 0 Å². The number of oxime groups is 1. The summed E-state index contributed by atoms with van der Waals surface area (Å²) in [5.74, 6) is 0. The molecule has 0 amide bonds. The van der Waals surface area contributed by atoms with Gasteiger partial charge in [0, 0.05) is 6.42 Å². The summed E-state index contributed by atoms with van der Waals surface area (Å²) in [6.45, 7) is 1.99. The summed E-state index contributed by atoms with van der Waals surface area (Å²) in [5, 5.41) is 3.91. The molecule has 0 unspecified atom stereocenters. The van der Waals surface area contributed by atoms with Crippen LogP contribution in [0.3, 0.4) is 0 Å². The fourth-order valence-electron chi connectivity index (χ4n) is 1.34. The van der Waals surface area contributed by atoms with Gasteiger partial charge in [-0.3, -0.25) is 0 Å². The molecule has 0 aliphatic carbocycles. The second-order valence-electron chi connectivity index (χ2n) is 3.04. The molecule has 0 saturated heterocycles. The van der Waals surface area contributed by atoms with Crippen molar-refractivity contribution in [3.05, 3.63) is 35.9 Å². The zero-order valence-electron chi connectivity index (χ0n) is 7.03. The lowest BCUT2D eigenvalue weighted by atomic mass is 10.1. The molecule has 1 heterocycles. The van der Waals surface area contributed by atoms with Gasteiger partial charge in [0.25, 0.3) is 0 Å². The molecule has 0 saturated carbocycles. The van der Waals surface area contributed by atoms with Crippen molar-refractivity contribution in [2.75, 3.05) is 0 Å². The number of benzene rings is 1. The first kappa shape index (κ1) is 7.35. The molecule has 0 N–H and O–H groups in total.